The minimum absolute atomic E-state index is 0.00272. The molecule has 0 radical (unpaired) electrons. The average molecular weight is 258 g/mol. The Bertz CT molecular complexity index is 575. The number of sulfonamides is 1. The maximum absolute atomic E-state index is 11.7. The first-order valence-electron chi connectivity index (χ1n) is 4.63. The zero-order chi connectivity index (χ0) is 12.3. The Morgan fingerprint density at radius 1 is 1.53 bits per heavy atom. The average Bonchev–Trinajstić information content (AvgIpc) is 2.88. The molecule has 0 amide bonds. The van der Waals surface area contributed by atoms with E-state index in [9.17, 15) is 8.42 Å². The number of aromatic nitrogens is 4. The molecule has 0 atom stereocenters. The van der Waals surface area contributed by atoms with Crippen LogP contribution in [0.3, 0.4) is 0 Å². The molecule has 0 saturated carbocycles. The number of nitrogens with one attached hydrogen (secondary N) is 2. The zero-order valence-electron chi connectivity index (χ0n) is 8.62. The molecular weight excluding hydrogens is 248 g/mol. The van der Waals surface area contributed by atoms with Crippen LogP contribution in [0.4, 0.5) is 5.82 Å². The van der Waals surface area contributed by atoms with Crippen LogP contribution in [0.25, 0.3) is 0 Å². The van der Waals surface area contributed by atoms with Crippen molar-refractivity contribution in [2.45, 2.75) is 11.3 Å². The highest BCUT2D eigenvalue weighted by Gasteiger charge is 2.18. The quantitative estimate of drug-likeness (QED) is 0.618. The number of hydrogen-bond donors (Lipinski definition) is 3. The van der Waals surface area contributed by atoms with Gasteiger partial charge >= 0.3 is 0 Å². The monoisotopic (exact) mass is 258 g/mol. The fourth-order valence-corrected chi connectivity index (χ4v) is 2.23. The van der Waals surface area contributed by atoms with Crippen molar-refractivity contribution in [3.8, 4) is 0 Å². The Morgan fingerprint density at radius 2 is 2.35 bits per heavy atom. The predicted molar refractivity (Wildman–Crippen MR) is 56.2 cm³/mol. The number of nitrogens with two attached hydrogens (primary N) is 1. The summed E-state index contributed by atoms with van der Waals surface area (Å²) in [5, 5.41) is 9.44. The van der Waals surface area contributed by atoms with Crippen LogP contribution in [0.1, 0.15) is 5.82 Å². The van der Waals surface area contributed by atoms with Gasteiger partial charge in [-0.05, 0) is 0 Å². The van der Waals surface area contributed by atoms with Crippen molar-refractivity contribution in [1.29, 1.82) is 0 Å². The third kappa shape index (κ3) is 2.60. The lowest BCUT2D eigenvalue weighted by atomic mass is 10.4. The van der Waals surface area contributed by atoms with E-state index in [-0.39, 0.29) is 17.3 Å². The smallest absolute Gasteiger partial charge is 0.245 e. The molecule has 0 bridgehead atoms. The molecule has 0 fully saturated rings. The van der Waals surface area contributed by atoms with E-state index >= 15 is 0 Å². The number of nitrogens with zero attached hydrogens (tertiary/aromatic N) is 3. The van der Waals surface area contributed by atoms with Gasteiger partial charge in [0.2, 0.25) is 16.4 Å². The summed E-state index contributed by atoms with van der Waals surface area (Å²) in [5.41, 5.74) is 5.42. The third-order valence-corrected chi connectivity index (χ3v) is 3.46. The zero-order valence-corrected chi connectivity index (χ0v) is 9.44. The Labute approximate surface area is 96.5 Å². The van der Waals surface area contributed by atoms with Gasteiger partial charge in [-0.2, -0.15) is 10.1 Å². The fraction of sp³-hybridized carbons (Fsp3) is 0.286. The van der Waals surface area contributed by atoms with Gasteiger partial charge in [-0.25, -0.2) is 13.1 Å². The molecule has 9 nitrogen and oxygen atoms in total. The van der Waals surface area contributed by atoms with Gasteiger partial charge in [0.05, 0.1) is 6.20 Å². The predicted octanol–water partition coefficient (Wildman–Crippen LogP) is -1.10. The molecule has 2 rings (SSSR count). The highest BCUT2D eigenvalue weighted by Crippen LogP contribution is 2.13. The fourth-order valence-electron chi connectivity index (χ4n) is 1.18. The van der Waals surface area contributed by atoms with E-state index in [4.69, 9.17) is 5.73 Å². The lowest BCUT2D eigenvalue weighted by molar-refractivity contribution is 0.410. The van der Waals surface area contributed by atoms with Crippen LogP contribution in [0.2, 0.25) is 0 Å². The molecule has 0 aliphatic heterocycles. The summed E-state index contributed by atoms with van der Waals surface area (Å²) >= 11 is 0. The molecule has 92 valence electrons. The molecular formula is C7H10N6O3S. The standard InChI is InChI=1S/C7H10N6O3S/c8-7-5(3-10-12-7)17(14,15)11-2-1-6-9-4-16-13-6/h3-4,11H,1-2H2,(H3,8,10,12). The second kappa shape index (κ2) is 4.51. The maximum Gasteiger partial charge on any atom is 0.245 e. The summed E-state index contributed by atoms with van der Waals surface area (Å²) in [6, 6.07) is 0. The summed E-state index contributed by atoms with van der Waals surface area (Å²) in [5.74, 6) is 0.421. The first-order chi connectivity index (χ1) is 8.09. The number of rotatable bonds is 5. The van der Waals surface area contributed by atoms with Crippen molar-refractivity contribution in [3.63, 3.8) is 0 Å². The van der Waals surface area contributed by atoms with E-state index in [0.29, 0.717) is 12.2 Å². The summed E-state index contributed by atoms with van der Waals surface area (Å²) in [6.07, 6.45) is 2.65. The van der Waals surface area contributed by atoms with Crippen LogP contribution < -0.4 is 10.5 Å². The minimum atomic E-state index is -3.66. The Balaban J connectivity index is 1.97. The second-order valence-corrected chi connectivity index (χ2v) is 4.88. The van der Waals surface area contributed by atoms with Crippen molar-refractivity contribution in [1.82, 2.24) is 25.1 Å². The van der Waals surface area contributed by atoms with E-state index < -0.39 is 10.0 Å². The van der Waals surface area contributed by atoms with Crippen molar-refractivity contribution >= 4 is 15.8 Å². The van der Waals surface area contributed by atoms with Gasteiger partial charge < -0.3 is 10.3 Å². The van der Waals surface area contributed by atoms with E-state index in [1.165, 1.54) is 6.39 Å². The maximum atomic E-state index is 11.7. The number of aromatic amines is 1. The van der Waals surface area contributed by atoms with Crippen LogP contribution >= 0.6 is 0 Å². The van der Waals surface area contributed by atoms with Crippen molar-refractivity contribution in [3.05, 3.63) is 18.4 Å². The van der Waals surface area contributed by atoms with Gasteiger partial charge in [0, 0.05) is 13.0 Å². The van der Waals surface area contributed by atoms with Gasteiger partial charge in [-0.3, -0.25) is 5.10 Å². The lowest BCUT2D eigenvalue weighted by Crippen LogP contribution is -2.26. The first-order valence-corrected chi connectivity index (χ1v) is 6.11. The summed E-state index contributed by atoms with van der Waals surface area (Å²) in [6.45, 7) is 0.145. The second-order valence-electron chi connectivity index (χ2n) is 3.14. The van der Waals surface area contributed by atoms with E-state index in [0.717, 1.165) is 6.20 Å². The van der Waals surface area contributed by atoms with Crippen LogP contribution in [0, 0.1) is 0 Å². The van der Waals surface area contributed by atoms with Crippen molar-refractivity contribution < 1.29 is 12.9 Å². The molecule has 0 saturated heterocycles. The molecule has 2 aromatic rings. The van der Waals surface area contributed by atoms with Gasteiger partial charge in [-0.1, -0.05) is 5.16 Å². The molecule has 2 aromatic heterocycles. The number of anilines is 1. The topological polar surface area (TPSA) is 140 Å². The summed E-state index contributed by atoms with van der Waals surface area (Å²) in [7, 11) is -3.66. The molecule has 2 heterocycles. The minimum Gasteiger partial charge on any atom is -0.383 e. The van der Waals surface area contributed by atoms with Gasteiger partial charge in [-0.15, -0.1) is 0 Å². The van der Waals surface area contributed by atoms with Gasteiger partial charge in [0.25, 0.3) is 0 Å². The molecule has 0 spiro atoms. The van der Waals surface area contributed by atoms with E-state index in [2.05, 4.69) is 29.6 Å². The molecule has 17 heavy (non-hydrogen) atoms. The normalized spacial score (nSPS) is 11.8. The Kier molecular flexibility index (Phi) is 3.06. The van der Waals surface area contributed by atoms with Crippen molar-refractivity contribution in [2.75, 3.05) is 12.3 Å². The number of nitrogen functional groups attached to an aromatic ring is 1. The van der Waals surface area contributed by atoms with E-state index in [1.807, 2.05) is 0 Å². The molecule has 0 aliphatic carbocycles. The van der Waals surface area contributed by atoms with Crippen LogP contribution in [-0.2, 0) is 16.4 Å². The highest BCUT2D eigenvalue weighted by molar-refractivity contribution is 7.89. The largest absolute Gasteiger partial charge is 0.383 e. The Morgan fingerprint density at radius 3 is 2.94 bits per heavy atom. The molecule has 0 unspecified atom stereocenters. The molecule has 0 aromatic carbocycles. The highest BCUT2D eigenvalue weighted by atomic mass is 32.2. The van der Waals surface area contributed by atoms with Crippen LogP contribution in [-0.4, -0.2) is 35.3 Å². The molecule has 0 aliphatic rings. The van der Waals surface area contributed by atoms with Crippen molar-refractivity contribution in [2.24, 2.45) is 0 Å². The van der Waals surface area contributed by atoms with Gasteiger partial charge in [0.1, 0.15) is 10.7 Å². The number of H-pyrrole nitrogens is 1. The Hall–Kier alpha value is -1.94. The number of hydrogen-bond acceptors (Lipinski definition) is 7. The SMILES string of the molecule is Nc1[nH]ncc1S(=O)(=O)NCCc1ncon1. The summed E-state index contributed by atoms with van der Waals surface area (Å²) in [4.78, 5) is 3.68. The van der Waals surface area contributed by atoms with Crippen LogP contribution in [0.5, 0.6) is 0 Å². The molecule has 4 N–H and O–H groups in total. The van der Waals surface area contributed by atoms with Gasteiger partial charge in [0.15, 0.2) is 5.82 Å². The first kappa shape index (κ1) is 11.5. The lowest BCUT2D eigenvalue weighted by Gasteiger charge is -2.03. The van der Waals surface area contributed by atoms with Crippen LogP contribution in [0.15, 0.2) is 22.0 Å². The van der Waals surface area contributed by atoms with E-state index in [1.54, 1.807) is 0 Å². The third-order valence-electron chi connectivity index (χ3n) is 1.97. The molecule has 10 heteroatoms. The summed E-state index contributed by atoms with van der Waals surface area (Å²) < 4.78 is 30.3.